The van der Waals surface area contributed by atoms with Crippen LogP contribution in [0.3, 0.4) is 0 Å². The zero-order chi connectivity index (χ0) is 22.4. The van der Waals surface area contributed by atoms with E-state index in [0.717, 1.165) is 13.0 Å². The maximum atomic E-state index is 6.82. The summed E-state index contributed by atoms with van der Waals surface area (Å²) in [4.78, 5) is 0. The molecule has 0 fully saturated rings. The highest BCUT2D eigenvalue weighted by Gasteiger charge is 2.49. The van der Waals surface area contributed by atoms with Crippen molar-refractivity contribution in [2.75, 3.05) is 37.5 Å². The predicted molar refractivity (Wildman–Crippen MR) is 143 cm³/mol. The smallest absolute Gasteiger partial charge is 0.261 e. The molecule has 2 aromatic rings. The topological polar surface area (TPSA) is 27.7 Å². The Morgan fingerprint density at radius 3 is 1.65 bits per heavy atom. The van der Waals surface area contributed by atoms with Crippen molar-refractivity contribution in [3.8, 4) is 0 Å². The van der Waals surface area contributed by atoms with Gasteiger partial charge in [0.1, 0.15) is 0 Å². The Morgan fingerprint density at radius 2 is 1.13 bits per heavy atom. The van der Waals surface area contributed by atoms with Gasteiger partial charge in [0.25, 0.3) is 8.32 Å². The van der Waals surface area contributed by atoms with Crippen LogP contribution in [0.4, 0.5) is 0 Å². The Bertz CT molecular complexity index is 664. The molecule has 0 aliphatic carbocycles. The van der Waals surface area contributed by atoms with E-state index in [2.05, 4.69) is 104 Å². The molecule has 0 saturated carbocycles. The first-order valence-corrected chi connectivity index (χ1v) is 14.9. The Kier molecular flexibility index (Phi) is 12.3. The van der Waals surface area contributed by atoms with Crippen LogP contribution in [-0.4, -0.2) is 45.8 Å². The second-order valence-corrected chi connectivity index (χ2v) is 14.2. The van der Waals surface area contributed by atoms with E-state index in [9.17, 15) is 0 Å². The van der Waals surface area contributed by atoms with Gasteiger partial charge in [-0.1, -0.05) is 117 Å². The van der Waals surface area contributed by atoms with Crippen molar-refractivity contribution in [2.45, 2.75) is 51.5 Å². The molecule has 172 valence electrons. The second kappa shape index (κ2) is 14.4. The summed E-state index contributed by atoms with van der Waals surface area (Å²) in [6, 6.07) is 21.5. The number of ether oxygens (including phenoxy) is 2. The van der Waals surface area contributed by atoms with Crippen LogP contribution in [0.25, 0.3) is 0 Å². The summed E-state index contributed by atoms with van der Waals surface area (Å²) in [5.74, 6) is 0. The number of hydrogen-bond acceptors (Lipinski definition) is 3. The molecule has 0 amide bonds. The summed E-state index contributed by atoms with van der Waals surface area (Å²) in [7, 11) is -2.46. The Labute approximate surface area is 204 Å². The van der Waals surface area contributed by atoms with E-state index >= 15 is 0 Å². The number of halogens is 1. The van der Waals surface area contributed by atoms with E-state index < -0.39 is 8.32 Å². The molecule has 2 aromatic carbocycles. The average molecular weight is 555 g/mol. The van der Waals surface area contributed by atoms with Gasteiger partial charge in [-0.05, 0) is 32.7 Å². The van der Waals surface area contributed by atoms with E-state index in [0.29, 0.717) is 26.4 Å². The van der Waals surface area contributed by atoms with Crippen molar-refractivity contribution in [3.63, 3.8) is 0 Å². The molecule has 0 atom stereocenters. The molecule has 0 N–H and O–H groups in total. The molecule has 0 aromatic heterocycles. The number of benzene rings is 2. The summed E-state index contributed by atoms with van der Waals surface area (Å²) >= 11 is 2.44. The van der Waals surface area contributed by atoms with Gasteiger partial charge in [0.15, 0.2) is 0 Å². The van der Waals surface area contributed by atoms with Gasteiger partial charge < -0.3 is 13.9 Å². The normalized spacial score (nSPS) is 12.3. The highest BCUT2D eigenvalue weighted by molar-refractivity contribution is 14.1. The molecule has 0 bridgehead atoms. The number of unbranched alkanes of at least 4 members (excludes halogenated alkanes) is 3. The van der Waals surface area contributed by atoms with Crippen molar-refractivity contribution in [3.05, 3.63) is 60.7 Å². The van der Waals surface area contributed by atoms with Gasteiger partial charge in [-0.25, -0.2) is 0 Å². The van der Waals surface area contributed by atoms with Crippen LogP contribution in [0, 0.1) is 0 Å². The predicted octanol–water partition coefficient (Wildman–Crippen LogP) is 5.59. The van der Waals surface area contributed by atoms with Crippen molar-refractivity contribution in [2.24, 2.45) is 0 Å². The molecule has 0 aliphatic rings. The van der Waals surface area contributed by atoms with E-state index in [4.69, 9.17) is 13.9 Å². The first-order valence-electron chi connectivity index (χ1n) is 11.5. The lowest BCUT2D eigenvalue weighted by atomic mass is 10.2. The van der Waals surface area contributed by atoms with Crippen LogP contribution in [0.15, 0.2) is 60.7 Å². The first kappa shape index (κ1) is 26.5. The Morgan fingerprint density at radius 1 is 0.645 bits per heavy atom. The number of rotatable bonds is 15. The van der Waals surface area contributed by atoms with Gasteiger partial charge in [0, 0.05) is 6.61 Å². The van der Waals surface area contributed by atoms with Gasteiger partial charge in [0.2, 0.25) is 0 Å². The fourth-order valence-corrected chi connectivity index (χ4v) is 9.07. The lowest BCUT2D eigenvalue weighted by molar-refractivity contribution is 0.0341. The largest absolute Gasteiger partial charge is 0.405 e. The third kappa shape index (κ3) is 8.28. The molecule has 0 saturated heterocycles. The monoisotopic (exact) mass is 554 g/mol. The van der Waals surface area contributed by atoms with E-state index in [1.165, 1.54) is 34.1 Å². The average Bonchev–Trinajstić information content (AvgIpc) is 2.77. The Balaban J connectivity index is 1.88. The van der Waals surface area contributed by atoms with Crippen molar-refractivity contribution in [1.82, 2.24) is 0 Å². The summed E-state index contributed by atoms with van der Waals surface area (Å²) in [5, 5.41) is 2.61. The molecule has 2 rings (SSSR count). The van der Waals surface area contributed by atoms with Gasteiger partial charge in [0.05, 0.1) is 26.4 Å². The van der Waals surface area contributed by atoms with E-state index in [-0.39, 0.29) is 5.04 Å². The quantitative estimate of drug-likeness (QED) is 0.124. The first-order chi connectivity index (χ1) is 15.0. The highest BCUT2D eigenvalue weighted by Crippen LogP contribution is 2.36. The highest BCUT2D eigenvalue weighted by atomic mass is 127. The molecule has 0 unspecified atom stereocenters. The minimum absolute atomic E-state index is 0.00385. The molecular formula is C26H39IO3Si. The standard InChI is InChI=1S/C26H39IO3Si/c1-26(2,3)31(24-14-8-6-9-15-24,25-16-10-7-11-17-25)30-23-22-29-21-20-28-19-13-5-4-12-18-27/h6-11,14-17H,4-5,12-13,18-23H2,1-3H3. The zero-order valence-corrected chi connectivity index (χ0v) is 22.6. The molecule has 0 heterocycles. The molecule has 5 heteroatoms. The molecule has 0 aliphatic heterocycles. The van der Waals surface area contributed by atoms with Crippen molar-refractivity contribution in [1.29, 1.82) is 0 Å². The van der Waals surface area contributed by atoms with Crippen LogP contribution < -0.4 is 10.4 Å². The van der Waals surface area contributed by atoms with Gasteiger partial charge >= 0.3 is 0 Å². The van der Waals surface area contributed by atoms with Crippen LogP contribution in [-0.2, 0) is 13.9 Å². The second-order valence-electron chi connectivity index (χ2n) is 8.84. The minimum atomic E-state index is -2.46. The minimum Gasteiger partial charge on any atom is -0.405 e. The van der Waals surface area contributed by atoms with Gasteiger partial charge in [-0.2, -0.15) is 0 Å². The third-order valence-electron chi connectivity index (χ3n) is 5.51. The Hall–Kier alpha value is -0.733. The lowest BCUT2D eigenvalue weighted by Gasteiger charge is -2.43. The third-order valence-corrected chi connectivity index (χ3v) is 11.3. The van der Waals surface area contributed by atoms with Crippen molar-refractivity contribution < 1.29 is 13.9 Å². The lowest BCUT2D eigenvalue weighted by Crippen LogP contribution is -2.66. The number of alkyl halides is 1. The van der Waals surface area contributed by atoms with Crippen LogP contribution in [0.2, 0.25) is 5.04 Å². The molecule has 31 heavy (non-hydrogen) atoms. The number of hydrogen-bond donors (Lipinski definition) is 0. The summed E-state index contributed by atoms with van der Waals surface area (Å²) < 4.78 is 19.6. The molecule has 0 radical (unpaired) electrons. The maximum absolute atomic E-state index is 6.82. The molecule has 0 spiro atoms. The van der Waals surface area contributed by atoms with E-state index in [1.807, 2.05) is 0 Å². The van der Waals surface area contributed by atoms with Gasteiger partial charge in [-0.15, -0.1) is 0 Å². The fourth-order valence-electron chi connectivity index (χ4n) is 3.99. The maximum Gasteiger partial charge on any atom is 0.261 e. The zero-order valence-electron chi connectivity index (χ0n) is 19.4. The fraction of sp³-hybridized carbons (Fsp3) is 0.538. The van der Waals surface area contributed by atoms with E-state index in [1.54, 1.807) is 0 Å². The van der Waals surface area contributed by atoms with Crippen LogP contribution in [0.5, 0.6) is 0 Å². The summed E-state index contributed by atoms with van der Waals surface area (Å²) in [6.07, 6.45) is 5.03. The van der Waals surface area contributed by atoms with Crippen LogP contribution >= 0.6 is 22.6 Å². The van der Waals surface area contributed by atoms with Crippen LogP contribution in [0.1, 0.15) is 46.5 Å². The summed E-state index contributed by atoms with van der Waals surface area (Å²) in [5.41, 5.74) is 0. The van der Waals surface area contributed by atoms with Crippen molar-refractivity contribution >= 4 is 41.3 Å². The molecule has 3 nitrogen and oxygen atoms in total. The molecular weight excluding hydrogens is 515 g/mol. The van der Waals surface area contributed by atoms with Gasteiger partial charge in [-0.3, -0.25) is 0 Å². The summed E-state index contributed by atoms with van der Waals surface area (Å²) in [6.45, 7) is 10.2. The SMILES string of the molecule is CC(C)(C)[Si](OCCOCCOCCCCCCI)(c1ccccc1)c1ccccc1.